The maximum Gasteiger partial charge on any atom is 0.329 e. The topological polar surface area (TPSA) is 105 Å². The Labute approximate surface area is 180 Å². The standard InChI is InChI=1S/C22H28N4O5/c1-13-11-17-18(12-14(13)2)26(15(3)27)19-20(23-22(30)24(5)21(19)29)25(17)9-7-6-8-10-31-16(4)28/h11-12H,6-10H2,1-5H3,(H,23,30). The SMILES string of the molecule is CC(=O)OCCCCCN1c2cc(C)c(C)cc2N(C(C)=O)c2c1[nH]c(=O)n(C)c2=O. The molecule has 0 bridgehead atoms. The minimum absolute atomic E-state index is 0.144. The van der Waals surface area contributed by atoms with Crippen LogP contribution in [0.4, 0.5) is 22.9 Å². The molecule has 1 aromatic heterocycles. The number of carbonyl (C=O) groups is 2. The smallest absolute Gasteiger partial charge is 0.329 e. The number of hydrogen-bond donors (Lipinski definition) is 1. The Balaban J connectivity index is 2.05. The van der Waals surface area contributed by atoms with Crippen molar-refractivity contribution < 1.29 is 14.3 Å². The second-order valence-electron chi connectivity index (χ2n) is 7.82. The Kier molecular flexibility index (Phi) is 6.33. The van der Waals surface area contributed by atoms with Crippen molar-refractivity contribution in [2.24, 2.45) is 7.05 Å². The van der Waals surface area contributed by atoms with Crippen LogP contribution in [0.5, 0.6) is 0 Å². The van der Waals surface area contributed by atoms with Crippen LogP contribution in [-0.2, 0) is 21.4 Å². The van der Waals surface area contributed by atoms with E-state index in [4.69, 9.17) is 4.74 Å². The molecule has 0 aliphatic carbocycles. The van der Waals surface area contributed by atoms with Crippen molar-refractivity contribution in [3.05, 3.63) is 44.1 Å². The van der Waals surface area contributed by atoms with E-state index < -0.39 is 11.2 Å². The highest BCUT2D eigenvalue weighted by Crippen LogP contribution is 2.46. The molecule has 0 radical (unpaired) electrons. The number of aromatic amines is 1. The molecular weight excluding hydrogens is 400 g/mol. The van der Waals surface area contributed by atoms with E-state index in [1.165, 1.54) is 25.8 Å². The van der Waals surface area contributed by atoms with E-state index in [1.807, 2.05) is 30.9 Å². The number of amides is 1. The fourth-order valence-corrected chi connectivity index (χ4v) is 3.74. The molecule has 166 valence electrons. The predicted octanol–water partition coefficient (Wildman–Crippen LogP) is 2.56. The number of hydrogen-bond acceptors (Lipinski definition) is 6. The summed E-state index contributed by atoms with van der Waals surface area (Å²) in [5.74, 6) is -0.294. The van der Waals surface area contributed by atoms with Crippen molar-refractivity contribution >= 4 is 34.8 Å². The molecule has 0 fully saturated rings. The number of ether oxygens (including phenoxy) is 1. The largest absolute Gasteiger partial charge is 0.466 e. The van der Waals surface area contributed by atoms with Gasteiger partial charge in [-0.3, -0.25) is 28.8 Å². The number of rotatable bonds is 6. The molecular formula is C22H28N4O5. The molecule has 1 N–H and O–H groups in total. The van der Waals surface area contributed by atoms with Crippen LogP contribution in [0, 0.1) is 13.8 Å². The minimum atomic E-state index is -0.542. The molecule has 31 heavy (non-hydrogen) atoms. The normalized spacial score (nSPS) is 12.4. The van der Waals surface area contributed by atoms with Crippen molar-refractivity contribution in [3.63, 3.8) is 0 Å². The van der Waals surface area contributed by atoms with Crippen LogP contribution in [0.15, 0.2) is 21.7 Å². The summed E-state index contributed by atoms with van der Waals surface area (Å²) in [6, 6.07) is 3.87. The second kappa shape index (κ2) is 8.79. The number of anilines is 4. The summed E-state index contributed by atoms with van der Waals surface area (Å²) in [6.07, 6.45) is 2.25. The maximum absolute atomic E-state index is 13.0. The summed E-state index contributed by atoms with van der Waals surface area (Å²) in [6.45, 7) is 7.59. The number of benzene rings is 1. The first kappa shape index (κ1) is 22.3. The summed E-state index contributed by atoms with van der Waals surface area (Å²) in [4.78, 5) is 54.9. The van der Waals surface area contributed by atoms with Crippen molar-refractivity contribution in [1.29, 1.82) is 0 Å². The lowest BCUT2D eigenvalue weighted by Crippen LogP contribution is -2.44. The number of nitrogens with one attached hydrogen (secondary N) is 1. The van der Waals surface area contributed by atoms with Gasteiger partial charge in [-0.25, -0.2) is 4.79 Å². The Morgan fingerprint density at radius 3 is 2.26 bits per heavy atom. The molecule has 0 saturated heterocycles. The minimum Gasteiger partial charge on any atom is -0.466 e. The number of carbonyl (C=O) groups excluding carboxylic acids is 2. The fraction of sp³-hybridized carbons (Fsp3) is 0.455. The Morgan fingerprint density at radius 2 is 1.65 bits per heavy atom. The molecule has 1 amide bonds. The second-order valence-corrected chi connectivity index (χ2v) is 7.82. The molecule has 0 saturated carbocycles. The molecule has 3 rings (SSSR count). The summed E-state index contributed by atoms with van der Waals surface area (Å²) in [7, 11) is 1.38. The first-order valence-corrected chi connectivity index (χ1v) is 10.3. The van der Waals surface area contributed by atoms with Gasteiger partial charge in [0, 0.05) is 27.4 Å². The number of fused-ring (bicyclic) bond motifs is 2. The zero-order valence-electron chi connectivity index (χ0n) is 18.6. The molecule has 0 spiro atoms. The van der Waals surface area contributed by atoms with Gasteiger partial charge in [-0.2, -0.15) is 0 Å². The maximum atomic E-state index is 13.0. The fourth-order valence-electron chi connectivity index (χ4n) is 3.74. The summed E-state index contributed by atoms with van der Waals surface area (Å²) < 4.78 is 5.94. The van der Waals surface area contributed by atoms with Crippen molar-refractivity contribution in [3.8, 4) is 0 Å². The van der Waals surface area contributed by atoms with Gasteiger partial charge < -0.3 is 9.64 Å². The average Bonchev–Trinajstić information content (AvgIpc) is 2.69. The van der Waals surface area contributed by atoms with E-state index in [2.05, 4.69) is 4.98 Å². The van der Waals surface area contributed by atoms with Crippen LogP contribution in [0.25, 0.3) is 0 Å². The van der Waals surface area contributed by atoms with Crippen molar-refractivity contribution in [2.75, 3.05) is 23.0 Å². The number of esters is 1. The highest BCUT2D eigenvalue weighted by molar-refractivity contribution is 6.08. The molecule has 9 nitrogen and oxygen atoms in total. The Morgan fingerprint density at radius 1 is 1.00 bits per heavy atom. The highest BCUT2D eigenvalue weighted by atomic mass is 16.5. The van der Waals surface area contributed by atoms with Gasteiger partial charge in [0.1, 0.15) is 5.82 Å². The van der Waals surface area contributed by atoms with Gasteiger partial charge in [0.25, 0.3) is 5.56 Å². The van der Waals surface area contributed by atoms with Gasteiger partial charge >= 0.3 is 11.7 Å². The van der Waals surface area contributed by atoms with E-state index in [0.717, 1.165) is 34.2 Å². The summed E-state index contributed by atoms with van der Waals surface area (Å²) in [5.41, 5.74) is 2.48. The first-order valence-electron chi connectivity index (χ1n) is 10.3. The van der Waals surface area contributed by atoms with E-state index >= 15 is 0 Å². The summed E-state index contributed by atoms with van der Waals surface area (Å²) in [5, 5.41) is 0. The summed E-state index contributed by atoms with van der Waals surface area (Å²) >= 11 is 0. The lowest BCUT2D eigenvalue weighted by atomic mass is 10.0. The van der Waals surface area contributed by atoms with Crippen molar-refractivity contribution in [2.45, 2.75) is 47.0 Å². The van der Waals surface area contributed by atoms with Gasteiger partial charge in [0.05, 0.1) is 18.0 Å². The monoisotopic (exact) mass is 428 g/mol. The zero-order valence-corrected chi connectivity index (χ0v) is 18.6. The Hall–Kier alpha value is -3.36. The van der Waals surface area contributed by atoms with E-state index in [-0.39, 0.29) is 17.6 Å². The number of nitrogens with zero attached hydrogens (tertiary/aromatic N) is 3. The van der Waals surface area contributed by atoms with Gasteiger partial charge in [0.2, 0.25) is 5.91 Å². The molecule has 1 aliphatic heterocycles. The van der Waals surface area contributed by atoms with Gasteiger partial charge in [0.15, 0.2) is 5.69 Å². The van der Waals surface area contributed by atoms with E-state index in [0.29, 0.717) is 31.1 Å². The molecule has 0 atom stereocenters. The lowest BCUT2D eigenvalue weighted by molar-refractivity contribution is -0.141. The highest BCUT2D eigenvalue weighted by Gasteiger charge is 2.34. The third-order valence-electron chi connectivity index (χ3n) is 5.52. The van der Waals surface area contributed by atoms with Gasteiger partial charge in [-0.1, -0.05) is 0 Å². The van der Waals surface area contributed by atoms with Crippen LogP contribution < -0.4 is 21.0 Å². The molecule has 2 heterocycles. The Bertz CT molecular complexity index is 1150. The van der Waals surface area contributed by atoms with Gasteiger partial charge in [-0.15, -0.1) is 0 Å². The molecule has 0 unspecified atom stereocenters. The predicted molar refractivity (Wildman–Crippen MR) is 119 cm³/mol. The third kappa shape index (κ3) is 4.26. The number of unbranched alkanes of at least 4 members (excludes halogenated alkanes) is 2. The molecule has 2 aromatic rings. The van der Waals surface area contributed by atoms with Crippen LogP contribution in [-0.4, -0.2) is 34.6 Å². The average molecular weight is 428 g/mol. The van der Waals surface area contributed by atoms with Crippen LogP contribution in [0.1, 0.15) is 44.2 Å². The molecule has 9 heteroatoms. The van der Waals surface area contributed by atoms with Gasteiger partial charge in [-0.05, 0) is 56.4 Å². The molecule has 1 aliphatic rings. The number of aromatic nitrogens is 2. The van der Waals surface area contributed by atoms with E-state index in [1.54, 1.807) is 0 Å². The first-order chi connectivity index (χ1) is 14.6. The van der Waals surface area contributed by atoms with Crippen LogP contribution >= 0.6 is 0 Å². The van der Waals surface area contributed by atoms with Crippen LogP contribution in [0.2, 0.25) is 0 Å². The van der Waals surface area contributed by atoms with Crippen LogP contribution in [0.3, 0.4) is 0 Å². The quantitative estimate of drug-likeness (QED) is 0.560. The number of H-pyrrole nitrogens is 1. The number of aryl methyl sites for hydroxylation is 2. The van der Waals surface area contributed by atoms with E-state index in [9.17, 15) is 19.2 Å². The zero-order chi connectivity index (χ0) is 22.9. The van der Waals surface area contributed by atoms with Crippen molar-refractivity contribution in [1.82, 2.24) is 9.55 Å². The third-order valence-corrected chi connectivity index (χ3v) is 5.52. The lowest BCUT2D eigenvalue weighted by Gasteiger charge is -2.38. The molecule has 1 aromatic carbocycles.